The number of benzene rings is 1. The summed E-state index contributed by atoms with van der Waals surface area (Å²) in [6.45, 7) is 1.86. The number of halogens is 1. The van der Waals surface area contributed by atoms with Crippen molar-refractivity contribution in [1.82, 2.24) is 14.8 Å². The monoisotopic (exact) mass is 412 g/mol. The third-order valence-electron chi connectivity index (χ3n) is 4.02. The number of nitrogens with zero attached hydrogens (tertiary/aromatic N) is 4. The molecule has 134 valence electrons. The maximum Gasteiger partial charge on any atom is 0.270 e. The minimum Gasteiger partial charge on any atom is -0.268 e. The molecule has 0 aliphatic carbocycles. The molecule has 3 heterocycles. The first-order valence-electron chi connectivity index (χ1n) is 8.05. The van der Waals surface area contributed by atoms with E-state index in [4.69, 9.17) is 23.8 Å². The molecule has 0 bridgehead atoms. The lowest BCUT2D eigenvalue weighted by Crippen LogP contribution is -2.27. The fourth-order valence-corrected chi connectivity index (χ4v) is 4.33. The Kier molecular flexibility index (Phi) is 4.82. The van der Waals surface area contributed by atoms with Gasteiger partial charge in [-0.25, -0.2) is 4.68 Å². The molecule has 0 spiro atoms. The first kappa shape index (κ1) is 17.9. The standard InChI is InChI=1S/C19H13ClN4OS2/c1-12-15(17(20)24(22-12)13-6-3-2-4-7-13)10-16-18(25)23(19(26)27-16)14-8-5-9-21-11-14/h2-11H,1H3/b16-10-. The van der Waals surface area contributed by atoms with E-state index < -0.39 is 0 Å². The van der Waals surface area contributed by atoms with Gasteiger partial charge in [0.15, 0.2) is 4.32 Å². The van der Waals surface area contributed by atoms with Gasteiger partial charge in [-0.1, -0.05) is 53.8 Å². The molecule has 1 saturated heterocycles. The first-order valence-corrected chi connectivity index (χ1v) is 9.65. The van der Waals surface area contributed by atoms with E-state index in [2.05, 4.69) is 10.1 Å². The van der Waals surface area contributed by atoms with Crippen molar-refractivity contribution in [3.05, 3.63) is 76.2 Å². The average Bonchev–Trinajstić information content (AvgIpc) is 3.13. The Hall–Kier alpha value is -2.48. The maximum absolute atomic E-state index is 12.9. The first-order chi connectivity index (χ1) is 13.1. The zero-order valence-electron chi connectivity index (χ0n) is 14.2. The highest BCUT2D eigenvalue weighted by molar-refractivity contribution is 8.27. The van der Waals surface area contributed by atoms with Crippen LogP contribution in [0.2, 0.25) is 5.15 Å². The second kappa shape index (κ2) is 7.26. The normalized spacial score (nSPS) is 15.8. The molecule has 1 amide bonds. The van der Waals surface area contributed by atoms with Crippen LogP contribution in [0.25, 0.3) is 11.8 Å². The second-order valence-corrected chi connectivity index (χ2v) is 7.80. The van der Waals surface area contributed by atoms with Gasteiger partial charge in [0.05, 0.1) is 28.2 Å². The molecule has 1 aliphatic rings. The number of thiocarbonyl (C=S) groups is 1. The Labute approximate surface area is 170 Å². The van der Waals surface area contributed by atoms with E-state index in [0.29, 0.717) is 25.6 Å². The SMILES string of the molecule is Cc1nn(-c2ccccc2)c(Cl)c1/C=C1\SC(=S)N(c2cccnc2)C1=O. The van der Waals surface area contributed by atoms with Gasteiger partial charge in [0, 0.05) is 11.8 Å². The molecule has 1 aliphatic heterocycles. The van der Waals surface area contributed by atoms with Crippen LogP contribution in [0.4, 0.5) is 5.69 Å². The number of para-hydroxylation sites is 1. The van der Waals surface area contributed by atoms with Gasteiger partial charge in [0.2, 0.25) is 0 Å². The summed E-state index contributed by atoms with van der Waals surface area (Å²) in [7, 11) is 0. The van der Waals surface area contributed by atoms with Crippen LogP contribution >= 0.6 is 35.6 Å². The highest BCUT2D eigenvalue weighted by atomic mass is 35.5. The molecule has 0 atom stereocenters. The molecule has 5 nitrogen and oxygen atoms in total. The highest BCUT2D eigenvalue weighted by Gasteiger charge is 2.34. The molecule has 0 unspecified atom stereocenters. The summed E-state index contributed by atoms with van der Waals surface area (Å²) in [5, 5.41) is 4.96. The van der Waals surface area contributed by atoms with E-state index in [9.17, 15) is 4.79 Å². The highest BCUT2D eigenvalue weighted by Crippen LogP contribution is 2.37. The van der Waals surface area contributed by atoms with Crippen molar-refractivity contribution in [1.29, 1.82) is 0 Å². The molecule has 4 rings (SSSR count). The van der Waals surface area contributed by atoms with Crippen LogP contribution < -0.4 is 4.90 Å². The molecule has 0 saturated carbocycles. The van der Waals surface area contributed by atoms with Crippen molar-refractivity contribution in [2.45, 2.75) is 6.92 Å². The van der Waals surface area contributed by atoms with Gasteiger partial charge in [-0.05, 0) is 37.3 Å². The molecular formula is C19H13ClN4OS2. The summed E-state index contributed by atoms with van der Waals surface area (Å²) in [5.74, 6) is -0.194. The van der Waals surface area contributed by atoms with Crippen LogP contribution in [0.5, 0.6) is 0 Å². The molecule has 27 heavy (non-hydrogen) atoms. The molecule has 2 aromatic heterocycles. The third-order valence-corrected chi connectivity index (χ3v) is 5.69. The molecule has 8 heteroatoms. The van der Waals surface area contributed by atoms with Gasteiger partial charge in [0.1, 0.15) is 5.15 Å². The number of aryl methyl sites for hydroxylation is 1. The van der Waals surface area contributed by atoms with Gasteiger partial charge in [-0.2, -0.15) is 5.10 Å². The van der Waals surface area contributed by atoms with Crippen LogP contribution in [0.3, 0.4) is 0 Å². The number of rotatable bonds is 3. The maximum atomic E-state index is 12.9. The van der Waals surface area contributed by atoms with Gasteiger partial charge in [0.25, 0.3) is 5.91 Å². The Morgan fingerprint density at radius 2 is 1.89 bits per heavy atom. The van der Waals surface area contributed by atoms with Gasteiger partial charge in [-0.3, -0.25) is 14.7 Å². The van der Waals surface area contributed by atoms with E-state index in [1.165, 1.54) is 16.7 Å². The van der Waals surface area contributed by atoms with E-state index in [1.54, 1.807) is 35.3 Å². The largest absolute Gasteiger partial charge is 0.270 e. The van der Waals surface area contributed by atoms with Crippen molar-refractivity contribution in [3.63, 3.8) is 0 Å². The lowest BCUT2D eigenvalue weighted by molar-refractivity contribution is -0.113. The summed E-state index contributed by atoms with van der Waals surface area (Å²) in [6.07, 6.45) is 5.01. The van der Waals surface area contributed by atoms with Crippen molar-refractivity contribution in [2.24, 2.45) is 0 Å². The number of hydrogen-bond donors (Lipinski definition) is 0. The van der Waals surface area contributed by atoms with Gasteiger partial charge < -0.3 is 0 Å². The predicted octanol–water partition coefficient (Wildman–Crippen LogP) is 4.63. The topological polar surface area (TPSA) is 51.0 Å². The Morgan fingerprint density at radius 1 is 1.15 bits per heavy atom. The van der Waals surface area contributed by atoms with Crippen LogP contribution in [0.15, 0.2) is 59.8 Å². The van der Waals surface area contributed by atoms with E-state index in [1.807, 2.05) is 37.3 Å². The molecule has 0 radical (unpaired) electrons. The lowest BCUT2D eigenvalue weighted by Gasteiger charge is -2.13. The fourth-order valence-electron chi connectivity index (χ4n) is 2.72. The number of thioether (sulfide) groups is 1. The second-order valence-electron chi connectivity index (χ2n) is 5.77. The average molecular weight is 413 g/mol. The quantitative estimate of drug-likeness (QED) is 0.463. The summed E-state index contributed by atoms with van der Waals surface area (Å²) in [4.78, 5) is 18.9. The molecule has 1 fully saturated rings. The fraction of sp³-hybridized carbons (Fsp3) is 0.0526. The Morgan fingerprint density at radius 3 is 2.59 bits per heavy atom. The van der Waals surface area contributed by atoms with E-state index in [-0.39, 0.29) is 5.91 Å². The van der Waals surface area contributed by atoms with Crippen molar-refractivity contribution >= 4 is 57.6 Å². The van der Waals surface area contributed by atoms with Gasteiger partial charge in [-0.15, -0.1) is 0 Å². The van der Waals surface area contributed by atoms with Crippen LogP contribution in [0, 0.1) is 6.92 Å². The zero-order chi connectivity index (χ0) is 19.0. The number of aromatic nitrogens is 3. The van der Waals surface area contributed by atoms with Crippen molar-refractivity contribution in [3.8, 4) is 5.69 Å². The zero-order valence-corrected chi connectivity index (χ0v) is 16.6. The minimum absolute atomic E-state index is 0.194. The van der Waals surface area contributed by atoms with Crippen LogP contribution in [-0.2, 0) is 4.79 Å². The van der Waals surface area contributed by atoms with E-state index >= 15 is 0 Å². The Bertz CT molecular complexity index is 1060. The number of carbonyl (C=O) groups is 1. The van der Waals surface area contributed by atoms with Gasteiger partial charge >= 0.3 is 0 Å². The predicted molar refractivity (Wildman–Crippen MR) is 113 cm³/mol. The number of anilines is 1. The molecule has 1 aromatic carbocycles. The smallest absolute Gasteiger partial charge is 0.268 e. The summed E-state index contributed by atoms with van der Waals surface area (Å²) < 4.78 is 2.12. The summed E-state index contributed by atoms with van der Waals surface area (Å²) >= 11 is 13.2. The molecular weight excluding hydrogens is 400 g/mol. The number of pyridine rings is 1. The van der Waals surface area contributed by atoms with Crippen LogP contribution in [-0.4, -0.2) is 25.0 Å². The summed E-state index contributed by atoms with van der Waals surface area (Å²) in [6, 6.07) is 13.2. The third kappa shape index (κ3) is 3.29. The molecule has 3 aromatic rings. The molecule has 0 N–H and O–H groups in total. The lowest BCUT2D eigenvalue weighted by atomic mass is 10.2. The van der Waals surface area contributed by atoms with Crippen molar-refractivity contribution in [2.75, 3.05) is 4.90 Å². The van der Waals surface area contributed by atoms with Crippen molar-refractivity contribution < 1.29 is 4.79 Å². The van der Waals surface area contributed by atoms with Crippen LogP contribution in [0.1, 0.15) is 11.3 Å². The Balaban J connectivity index is 1.72. The number of hydrogen-bond acceptors (Lipinski definition) is 5. The summed E-state index contributed by atoms with van der Waals surface area (Å²) in [5.41, 5.74) is 2.93. The van der Waals surface area contributed by atoms with E-state index in [0.717, 1.165) is 11.4 Å². The number of carbonyl (C=O) groups excluding carboxylic acids is 1. The number of amides is 1. The minimum atomic E-state index is -0.194.